The molecule has 0 saturated heterocycles. The molecule has 0 radical (unpaired) electrons. The fourth-order valence-corrected chi connectivity index (χ4v) is 3.00. The molecule has 0 aliphatic heterocycles. The fraction of sp³-hybridized carbons (Fsp3) is 0.261. The molecule has 0 aliphatic rings. The van der Waals surface area contributed by atoms with Crippen LogP contribution < -0.4 is 5.32 Å². The van der Waals surface area contributed by atoms with Crippen molar-refractivity contribution in [2.24, 2.45) is 0 Å². The van der Waals surface area contributed by atoms with E-state index in [0.717, 1.165) is 22.5 Å². The Kier molecular flexibility index (Phi) is 6.04. The monoisotopic (exact) mass is 374 g/mol. The molecule has 3 rings (SSSR count). The molecule has 1 heterocycles. The highest BCUT2D eigenvalue weighted by atomic mass is 16.2. The Labute approximate surface area is 166 Å². The van der Waals surface area contributed by atoms with Crippen LogP contribution in [0.25, 0.3) is 0 Å². The molecule has 0 unspecified atom stereocenters. The van der Waals surface area contributed by atoms with Crippen molar-refractivity contribution >= 4 is 17.5 Å². The van der Waals surface area contributed by atoms with E-state index in [0.29, 0.717) is 18.2 Å². The first-order chi connectivity index (χ1) is 13.4. The Balaban J connectivity index is 1.86. The van der Waals surface area contributed by atoms with Crippen LogP contribution in [0.4, 0.5) is 11.6 Å². The van der Waals surface area contributed by atoms with Crippen LogP contribution in [0.2, 0.25) is 0 Å². The van der Waals surface area contributed by atoms with Crippen molar-refractivity contribution in [3.8, 4) is 0 Å². The van der Waals surface area contributed by atoms with Crippen molar-refractivity contribution in [2.75, 3.05) is 5.32 Å². The number of hydrogen-bond donors (Lipinski definition) is 1. The van der Waals surface area contributed by atoms with Gasteiger partial charge in [-0.1, -0.05) is 42.5 Å². The number of anilines is 2. The van der Waals surface area contributed by atoms with Gasteiger partial charge in [0.25, 0.3) is 5.91 Å². The summed E-state index contributed by atoms with van der Waals surface area (Å²) >= 11 is 0. The molecule has 3 aromatic rings. The van der Waals surface area contributed by atoms with E-state index in [4.69, 9.17) is 0 Å². The van der Waals surface area contributed by atoms with Crippen LogP contribution in [-0.4, -0.2) is 26.8 Å². The summed E-state index contributed by atoms with van der Waals surface area (Å²) in [4.78, 5) is 24.0. The van der Waals surface area contributed by atoms with Crippen molar-refractivity contribution in [3.05, 3.63) is 83.2 Å². The number of carbonyl (C=O) groups excluding carboxylic acids is 1. The molecule has 1 amide bonds. The summed E-state index contributed by atoms with van der Waals surface area (Å²) in [7, 11) is 0. The van der Waals surface area contributed by atoms with Gasteiger partial charge in [-0.15, -0.1) is 0 Å². The van der Waals surface area contributed by atoms with Gasteiger partial charge in [0.1, 0.15) is 5.69 Å². The Morgan fingerprint density at radius 3 is 2.43 bits per heavy atom. The van der Waals surface area contributed by atoms with Crippen LogP contribution in [0.15, 0.2) is 60.7 Å². The first-order valence-electron chi connectivity index (χ1n) is 9.46. The average molecular weight is 374 g/mol. The SMILES string of the molecule is Cc1cccc(Nc2nc(C)cc(C(=O)N(Cc3ccccc3)C(C)C)n2)c1. The molecule has 0 aliphatic carbocycles. The van der Waals surface area contributed by atoms with E-state index < -0.39 is 0 Å². The predicted molar refractivity (Wildman–Crippen MR) is 113 cm³/mol. The summed E-state index contributed by atoms with van der Waals surface area (Å²) in [6.45, 7) is 8.47. The molecule has 1 aromatic heterocycles. The molecule has 5 heteroatoms. The number of nitrogens with zero attached hydrogens (tertiary/aromatic N) is 3. The molecule has 144 valence electrons. The second-order valence-corrected chi connectivity index (χ2v) is 7.23. The summed E-state index contributed by atoms with van der Waals surface area (Å²) < 4.78 is 0. The van der Waals surface area contributed by atoms with Crippen molar-refractivity contribution in [3.63, 3.8) is 0 Å². The zero-order chi connectivity index (χ0) is 20.1. The van der Waals surface area contributed by atoms with Gasteiger partial charge in [0.05, 0.1) is 0 Å². The maximum absolute atomic E-state index is 13.2. The molecular formula is C23H26N4O. The van der Waals surface area contributed by atoms with Gasteiger partial charge in [-0.25, -0.2) is 9.97 Å². The minimum atomic E-state index is -0.100. The van der Waals surface area contributed by atoms with E-state index in [1.165, 1.54) is 0 Å². The van der Waals surface area contributed by atoms with E-state index in [-0.39, 0.29) is 11.9 Å². The number of nitrogens with one attached hydrogen (secondary N) is 1. The van der Waals surface area contributed by atoms with Crippen molar-refractivity contribution < 1.29 is 4.79 Å². The normalized spacial score (nSPS) is 10.8. The Bertz CT molecular complexity index is 954. The smallest absolute Gasteiger partial charge is 0.273 e. The van der Waals surface area contributed by atoms with Crippen LogP contribution in [0, 0.1) is 13.8 Å². The van der Waals surface area contributed by atoms with Crippen molar-refractivity contribution in [1.82, 2.24) is 14.9 Å². The molecule has 0 saturated carbocycles. The van der Waals surface area contributed by atoms with E-state index in [9.17, 15) is 4.79 Å². The van der Waals surface area contributed by atoms with Gasteiger partial charge in [0.2, 0.25) is 5.95 Å². The molecule has 0 fully saturated rings. The second-order valence-electron chi connectivity index (χ2n) is 7.23. The van der Waals surface area contributed by atoms with Gasteiger partial charge in [-0.2, -0.15) is 0 Å². The zero-order valence-electron chi connectivity index (χ0n) is 16.8. The largest absolute Gasteiger partial charge is 0.331 e. The first kappa shape index (κ1) is 19.5. The van der Waals surface area contributed by atoms with Gasteiger partial charge in [0.15, 0.2) is 0 Å². The topological polar surface area (TPSA) is 58.1 Å². The standard InChI is InChI=1S/C23H26N4O/c1-16(2)27(15-19-10-6-5-7-11-19)22(28)21-14-18(4)24-23(26-21)25-20-12-8-9-17(3)13-20/h5-14,16H,15H2,1-4H3,(H,24,25,26). The number of rotatable bonds is 6. The molecule has 2 aromatic carbocycles. The highest BCUT2D eigenvalue weighted by molar-refractivity contribution is 5.93. The van der Waals surface area contributed by atoms with Crippen LogP contribution in [0.1, 0.15) is 41.2 Å². The minimum Gasteiger partial charge on any atom is -0.331 e. The van der Waals surface area contributed by atoms with Gasteiger partial charge in [0, 0.05) is 24.0 Å². The molecule has 0 atom stereocenters. The summed E-state index contributed by atoms with van der Waals surface area (Å²) in [6, 6.07) is 19.8. The fourth-order valence-electron chi connectivity index (χ4n) is 3.00. The van der Waals surface area contributed by atoms with Crippen molar-refractivity contribution in [1.29, 1.82) is 0 Å². The molecule has 1 N–H and O–H groups in total. The quantitative estimate of drug-likeness (QED) is 0.667. The number of hydrogen-bond acceptors (Lipinski definition) is 4. The molecule has 5 nitrogen and oxygen atoms in total. The van der Waals surface area contributed by atoms with E-state index in [1.54, 1.807) is 6.07 Å². The van der Waals surface area contributed by atoms with E-state index in [1.807, 2.05) is 87.2 Å². The van der Waals surface area contributed by atoms with Crippen LogP contribution in [0.3, 0.4) is 0 Å². The maximum Gasteiger partial charge on any atom is 0.273 e. The second kappa shape index (κ2) is 8.65. The maximum atomic E-state index is 13.2. The average Bonchev–Trinajstić information content (AvgIpc) is 2.66. The molecular weight excluding hydrogens is 348 g/mol. The van der Waals surface area contributed by atoms with Crippen LogP contribution >= 0.6 is 0 Å². The lowest BCUT2D eigenvalue weighted by atomic mass is 10.1. The van der Waals surface area contributed by atoms with Crippen LogP contribution in [-0.2, 0) is 6.54 Å². The lowest BCUT2D eigenvalue weighted by Crippen LogP contribution is -2.37. The van der Waals surface area contributed by atoms with Gasteiger partial charge in [-0.05, 0) is 57.0 Å². The zero-order valence-corrected chi connectivity index (χ0v) is 16.8. The van der Waals surface area contributed by atoms with Crippen molar-refractivity contribution in [2.45, 2.75) is 40.3 Å². The number of amides is 1. The summed E-state index contributed by atoms with van der Waals surface area (Å²) in [6.07, 6.45) is 0. The highest BCUT2D eigenvalue weighted by Crippen LogP contribution is 2.17. The first-order valence-corrected chi connectivity index (χ1v) is 9.46. The number of carbonyl (C=O) groups is 1. The predicted octanol–water partition coefficient (Wildman–Crippen LogP) is 4.89. The third-order valence-electron chi connectivity index (χ3n) is 4.43. The van der Waals surface area contributed by atoms with E-state index in [2.05, 4.69) is 15.3 Å². The Morgan fingerprint density at radius 1 is 1.00 bits per heavy atom. The van der Waals surface area contributed by atoms with E-state index >= 15 is 0 Å². The van der Waals surface area contributed by atoms with Gasteiger partial charge >= 0.3 is 0 Å². The molecule has 0 bridgehead atoms. The summed E-state index contributed by atoms with van der Waals surface area (Å²) in [5.74, 6) is 0.328. The van der Waals surface area contributed by atoms with Crippen LogP contribution in [0.5, 0.6) is 0 Å². The summed E-state index contributed by atoms with van der Waals surface area (Å²) in [5.41, 5.74) is 4.27. The Morgan fingerprint density at radius 2 is 1.75 bits per heavy atom. The Hall–Kier alpha value is -3.21. The number of aromatic nitrogens is 2. The highest BCUT2D eigenvalue weighted by Gasteiger charge is 2.21. The lowest BCUT2D eigenvalue weighted by Gasteiger charge is -2.26. The number of aryl methyl sites for hydroxylation is 2. The summed E-state index contributed by atoms with van der Waals surface area (Å²) in [5, 5.41) is 3.21. The number of benzene rings is 2. The third-order valence-corrected chi connectivity index (χ3v) is 4.43. The van der Waals surface area contributed by atoms with Gasteiger partial charge in [-0.3, -0.25) is 4.79 Å². The molecule has 28 heavy (non-hydrogen) atoms. The van der Waals surface area contributed by atoms with Gasteiger partial charge < -0.3 is 10.2 Å². The minimum absolute atomic E-state index is 0.0520. The lowest BCUT2D eigenvalue weighted by molar-refractivity contribution is 0.0684. The third kappa shape index (κ3) is 4.94. The molecule has 0 spiro atoms.